The smallest absolute Gasteiger partial charge is 0.324 e. The van der Waals surface area contributed by atoms with Gasteiger partial charge < -0.3 is 24.1 Å². The van der Waals surface area contributed by atoms with Crippen molar-refractivity contribution in [2.45, 2.75) is 110 Å². The Morgan fingerprint density at radius 3 is 2.64 bits per heavy atom. The molecule has 64 heavy (non-hydrogen) atoms. The second kappa shape index (κ2) is 17.3. The van der Waals surface area contributed by atoms with Gasteiger partial charge >= 0.3 is 5.97 Å². The second-order valence-electron chi connectivity index (χ2n) is 19.3. The van der Waals surface area contributed by atoms with Crippen LogP contribution in [0.25, 0.3) is 33.4 Å². The molecule has 1 unspecified atom stereocenters. The Labute approximate surface area is 382 Å². The summed E-state index contributed by atoms with van der Waals surface area (Å²) in [5.74, 6) is -0.838. The Morgan fingerprint density at radius 1 is 1.09 bits per heavy atom. The lowest BCUT2D eigenvalue weighted by molar-refractivity contribution is -0.157. The van der Waals surface area contributed by atoms with Gasteiger partial charge in [0.25, 0.3) is 5.91 Å². The number of carbonyl (C=O) groups is 3. The summed E-state index contributed by atoms with van der Waals surface area (Å²) >= 11 is 2.87. The average molecular weight is 907 g/mol. The zero-order valence-corrected chi connectivity index (χ0v) is 39.0. The zero-order chi connectivity index (χ0) is 44.4. The predicted molar refractivity (Wildman–Crippen MR) is 245 cm³/mol. The van der Waals surface area contributed by atoms with Crippen molar-refractivity contribution >= 4 is 51.4 Å². The molecule has 2 saturated carbocycles. The summed E-state index contributed by atoms with van der Waals surface area (Å²) in [6.07, 6.45) is 6.58. The molecule has 2 saturated heterocycles. The predicted octanol–water partition coefficient (Wildman–Crippen LogP) is 7.28. The molecule has 5 aliphatic rings. The van der Waals surface area contributed by atoms with Crippen molar-refractivity contribution in [2.75, 3.05) is 33.4 Å². The highest BCUT2D eigenvalue weighted by atomic mass is 32.1. The first-order valence-electron chi connectivity index (χ1n) is 22.8. The number of hydrogen-bond donors (Lipinski definition) is 2. The lowest BCUT2D eigenvalue weighted by atomic mass is 9.84. The van der Waals surface area contributed by atoms with E-state index in [9.17, 15) is 14.4 Å². The maximum atomic E-state index is 14.9. The summed E-state index contributed by atoms with van der Waals surface area (Å²) in [5.41, 5.74) is 11.4. The van der Waals surface area contributed by atoms with E-state index < -0.39 is 35.5 Å². The highest BCUT2D eigenvalue weighted by molar-refractivity contribution is 7.10. The van der Waals surface area contributed by atoms with Crippen LogP contribution in [0.1, 0.15) is 99.7 Å². The maximum absolute atomic E-state index is 14.9. The number of nitrogens with zero attached hydrogens (tertiary/aromatic N) is 6. The number of ether oxygens (including phenoxy) is 3. The number of rotatable bonds is 10. The van der Waals surface area contributed by atoms with Gasteiger partial charge in [-0.25, -0.2) is 10.4 Å². The van der Waals surface area contributed by atoms with Gasteiger partial charge in [-0.15, -0.1) is 22.7 Å². The molecule has 2 N–H and O–H groups in total. The Hall–Kier alpha value is -4.58. The van der Waals surface area contributed by atoms with Gasteiger partial charge in [-0.05, 0) is 80.7 Å². The number of pyridine rings is 1. The fourth-order valence-electron chi connectivity index (χ4n) is 10.0. The molecule has 10 rings (SSSR count). The van der Waals surface area contributed by atoms with E-state index in [1.165, 1.54) is 40.5 Å². The molecule has 7 atom stereocenters. The third kappa shape index (κ3) is 8.30. The van der Waals surface area contributed by atoms with Crippen LogP contribution in [0.4, 0.5) is 0 Å². The molecule has 14 nitrogen and oxygen atoms in total. The molecule has 16 heteroatoms. The molecular formula is C48H58N8O6S2. The standard InChI is InChI=1S/C48H58N8O6S2/c1-26-27(2)39(26)44(57)52-41-43(61-22-32-19-49-25-64-32)45-51-37(23-63-45)29-11-14-38-34(17-29)35(18-48(4,5)24-62-47(59)36-10-8-16-55(53-36)46(41)58)42(33-9-7-15-50-40(33)28(3)60-6)56(38)31-20-54(21-31)30-12-13-30/h7,9,11,14-15,17,19,23,25-28,30-31,36,39,41,43,53H,8,10,12-13,16,18,20-22,24H2,1-6H3,(H,52,57)/t26-,27+,28-,36-,39?,41-,43-/m0/s1. The number of nitrogens with one attached hydrogen (secondary N) is 2. The Balaban J connectivity index is 1.13. The van der Waals surface area contributed by atoms with Gasteiger partial charge in [-0.2, -0.15) is 0 Å². The number of cyclic esters (lactones) is 1. The number of likely N-dealkylation sites (tertiary alicyclic amines) is 1. The molecule has 1 aromatic carbocycles. The number of carbonyl (C=O) groups excluding carboxylic acids is 3. The number of esters is 1. The molecule has 0 radical (unpaired) electrons. The molecule has 0 spiro atoms. The van der Waals surface area contributed by atoms with Crippen molar-refractivity contribution in [3.8, 4) is 22.5 Å². The van der Waals surface area contributed by atoms with Crippen molar-refractivity contribution < 1.29 is 28.6 Å². The highest BCUT2D eigenvalue weighted by Gasteiger charge is 2.50. The SMILES string of the molecule is CO[C@@H](C)c1ncccc1-c1c2c3cc(ccc3n1C1CN(C3CC3)C1)-c1csc(n1)[C@@H](OCc1cncs1)[C@H](NC(=O)C1[C@@H](C)[C@H]1C)C(=O)N1CCC[C@H](N1)C(=O)OCC(C)(C)C2. The third-order valence-electron chi connectivity index (χ3n) is 14.2. The number of methoxy groups -OCH3 is 1. The lowest BCUT2D eigenvalue weighted by Gasteiger charge is -2.42. The Bertz CT molecular complexity index is 2540. The molecule has 4 fully saturated rings. The summed E-state index contributed by atoms with van der Waals surface area (Å²) in [5, 5.41) is 8.29. The van der Waals surface area contributed by atoms with Crippen molar-refractivity contribution in [2.24, 2.45) is 23.2 Å². The first kappa shape index (κ1) is 43.3. The van der Waals surface area contributed by atoms with Gasteiger partial charge in [0.2, 0.25) is 5.91 Å². The molecule has 6 bridgehead atoms. The zero-order valence-electron chi connectivity index (χ0n) is 37.4. The Morgan fingerprint density at radius 2 is 1.91 bits per heavy atom. The fourth-order valence-corrected chi connectivity index (χ4v) is 11.4. The number of fused-ring (bicyclic) bond motifs is 6. The quantitative estimate of drug-likeness (QED) is 0.136. The summed E-state index contributed by atoms with van der Waals surface area (Å²) < 4.78 is 21.4. The number of benzene rings is 1. The van der Waals surface area contributed by atoms with Crippen LogP contribution in [-0.2, 0) is 41.6 Å². The topological polar surface area (TPSA) is 153 Å². The first-order chi connectivity index (χ1) is 30.9. The molecule has 338 valence electrons. The van der Waals surface area contributed by atoms with Gasteiger partial charge in [-0.3, -0.25) is 34.3 Å². The van der Waals surface area contributed by atoms with Crippen molar-refractivity contribution in [3.05, 3.63) is 74.8 Å². The normalized spacial score (nSPS) is 26.9. The highest BCUT2D eigenvalue weighted by Crippen LogP contribution is 2.47. The number of aromatic nitrogens is 4. The minimum Gasteiger partial charge on any atom is -0.464 e. The van der Waals surface area contributed by atoms with E-state index in [2.05, 4.69) is 77.2 Å². The molecule has 7 heterocycles. The van der Waals surface area contributed by atoms with Crippen molar-refractivity contribution in [1.29, 1.82) is 0 Å². The van der Waals surface area contributed by atoms with Crippen molar-refractivity contribution in [1.82, 2.24) is 40.2 Å². The van der Waals surface area contributed by atoms with E-state index in [1.54, 1.807) is 18.8 Å². The summed E-state index contributed by atoms with van der Waals surface area (Å²) in [7, 11) is 1.72. The van der Waals surface area contributed by atoms with Crippen LogP contribution in [0, 0.1) is 23.2 Å². The molecule has 4 aromatic heterocycles. The van der Waals surface area contributed by atoms with E-state index in [1.807, 2.05) is 24.6 Å². The third-order valence-corrected chi connectivity index (χ3v) is 15.9. The van der Waals surface area contributed by atoms with E-state index in [4.69, 9.17) is 24.2 Å². The molecule has 2 aliphatic carbocycles. The summed E-state index contributed by atoms with van der Waals surface area (Å²) in [6.45, 7) is 13.1. The van der Waals surface area contributed by atoms with Gasteiger partial charge in [0.15, 0.2) is 0 Å². The van der Waals surface area contributed by atoms with Crippen LogP contribution in [0.3, 0.4) is 0 Å². The molecule has 2 amide bonds. The second-order valence-corrected chi connectivity index (χ2v) is 21.2. The van der Waals surface area contributed by atoms with E-state index in [-0.39, 0.29) is 49.0 Å². The average Bonchev–Trinajstić information content (AvgIpc) is 3.96. The largest absolute Gasteiger partial charge is 0.464 e. The fraction of sp³-hybridized carbons (Fsp3) is 0.542. The molecule has 5 aromatic rings. The summed E-state index contributed by atoms with van der Waals surface area (Å²) in [4.78, 5) is 60.8. The van der Waals surface area contributed by atoms with Gasteiger partial charge in [-0.1, -0.05) is 33.8 Å². The van der Waals surface area contributed by atoms with Crippen LogP contribution in [0.5, 0.6) is 0 Å². The number of hydrazine groups is 1. The Kier molecular flexibility index (Phi) is 11.7. The van der Waals surface area contributed by atoms with E-state index >= 15 is 0 Å². The van der Waals surface area contributed by atoms with E-state index in [0.29, 0.717) is 36.9 Å². The van der Waals surface area contributed by atoms with Crippen LogP contribution in [0.15, 0.2) is 53.6 Å². The minimum atomic E-state index is -1.13. The minimum absolute atomic E-state index is 0.163. The lowest BCUT2D eigenvalue weighted by Crippen LogP contribution is -2.61. The maximum Gasteiger partial charge on any atom is 0.324 e. The van der Waals surface area contributed by atoms with Crippen LogP contribution in [-0.4, -0.2) is 98.7 Å². The van der Waals surface area contributed by atoms with Crippen molar-refractivity contribution in [3.63, 3.8) is 0 Å². The first-order valence-corrected chi connectivity index (χ1v) is 24.5. The van der Waals surface area contributed by atoms with Crippen LogP contribution < -0.4 is 10.7 Å². The van der Waals surface area contributed by atoms with Crippen LogP contribution in [0.2, 0.25) is 0 Å². The van der Waals surface area contributed by atoms with Gasteiger partial charge in [0, 0.05) is 83.9 Å². The number of amides is 2. The molecule has 3 aliphatic heterocycles. The summed E-state index contributed by atoms with van der Waals surface area (Å²) in [6, 6.07) is 9.81. The van der Waals surface area contributed by atoms with Gasteiger partial charge in [0.05, 0.1) is 52.8 Å². The van der Waals surface area contributed by atoms with Crippen LogP contribution >= 0.6 is 22.7 Å². The monoisotopic (exact) mass is 906 g/mol. The molecular weight excluding hydrogens is 849 g/mol. The number of thiazole rings is 2. The van der Waals surface area contributed by atoms with Gasteiger partial charge in [0.1, 0.15) is 23.2 Å². The number of hydrogen-bond acceptors (Lipinski definition) is 13. The van der Waals surface area contributed by atoms with E-state index in [0.717, 1.165) is 62.6 Å².